The first-order valence-corrected chi connectivity index (χ1v) is 11.1. The fraction of sp³-hybridized carbons (Fsp3) is 0.263. The second-order valence-electron chi connectivity index (χ2n) is 6.30. The van der Waals surface area contributed by atoms with Crippen molar-refractivity contribution in [2.45, 2.75) is 28.9 Å². The van der Waals surface area contributed by atoms with Crippen LogP contribution in [-0.4, -0.2) is 29.5 Å². The van der Waals surface area contributed by atoms with E-state index < -0.39 is 9.84 Å². The van der Waals surface area contributed by atoms with Gasteiger partial charge in [-0.25, -0.2) is 13.4 Å². The van der Waals surface area contributed by atoms with Crippen molar-refractivity contribution in [2.75, 3.05) is 11.5 Å². The van der Waals surface area contributed by atoms with Gasteiger partial charge in [0, 0.05) is 11.8 Å². The molecule has 26 heavy (non-hydrogen) atoms. The number of rotatable bonds is 6. The molecule has 0 radical (unpaired) electrons. The molecule has 0 aliphatic heterocycles. The van der Waals surface area contributed by atoms with E-state index in [1.165, 1.54) is 11.8 Å². The summed E-state index contributed by atoms with van der Waals surface area (Å²) in [6, 6.07) is 15.9. The van der Waals surface area contributed by atoms with Crippen LogP contribution in [0.5, 0.6) is 0 Å². The van der Waals surface area contributed by atoms with Gasteiger partial charge in [0.05, 0.1) is 21.6 Å². The molecule has 5 nitrogen and oxygen atoms in total. The van der Waals surface area contributed by atoms with Crippen molar-refractivity contribution in [2.24, 2.45) is 0 Å². The average Bonchev–Trinajstić information content (AvgIpc) is 3.47. The Morgan fingerprint density at radius 1 is 1.04 bits per heavy atom. The first-order valence-electron chi connectivity index (χ1n) is 8.48. The van der Waals surface area contributed by atoms with Crippen LogP contribution >= 0.6 is 11.8 Å². The summed E-state index contributed by atoms with van der Waals surface area (Å²) >= 11 is 1.34. The molecule has 0 bridgehead atoms. The third-order valence-corrected chi connectivity index (χ3v) is 7.32. The minimum atomic E-state index is -3.34. The van der Waals surface area contributed by atoms with E-state index in [0.717, 1.165) is 12.8 Å². The van der Waals surface area contributed by atoms with Crippen LogP contribution in [0.2, 0.25) is 0 Å². The molecule has 134 valence electrons. The van der Waals surface area contributed by atoms with Gasteiger partial charge in [-0.3, -0.25) is 9.36 Å². The zero-order valence-electron chi connectivity index (χ0n) is 14.0. The summed E-state index contributed by atoms with van der Waals surface area (Å²) in [5.41, 5.74) is 0.620. The number of hydrogen-bond donors (Lipinski definition) is 0. The molecule has 3 aromatic rings. The summed E-state index contributed by atoms with van der Waals surface area (Å²) in [6.07, 6.45) is 1.94. The van der Waals surface area contributed by atoms with E-state index in [9.17, 15) is 13.2 Å². The van der Waals surface area contributed by atoms with Crippen LogP contribution in [0.4, 0.5) is 0 Å². The molecule has 0 unspecified atom stereocenters. The van der Waals surface area contributed by atoms with Crippen LogP contribution in [0.25, 0.3) is 10.9 Å². The van der Waals surface area contributed by atoms with Crippen molar-refractivity contribution < 1.29 is 8.42 Å². The summed E-state index contributed by atoms with van der Waals surface area (Å²) in [5.74, 6) is 0.365. The Morgan fingerprint density at radius 3 is 2.46 bits per heavy atom. The van der Waals surface area contributed by atoms with Gasteiger partial charge in [-0.05, 0) is 37.1 Å². The number of nitrogens with zero attached hydrogens (tertiary/aromatic N) is 2. The SMILES string of the molecule is O=c1c2ccccc2nc(SCCS(=O)(=O)c2ccccc2)n1C1CC1. The van der Waals surface area contributed by atoms with E-state index in [-0.39, 0.29) is 17.4 Å². The Morgan fingerprint density at radius 2 is 1.73 bits per heavy atom. The lowest BCUT2D eigenvalue weighted by Gasteiger charge is -2.12. The van der Waals surface area contributed by atoms with Crippen LogP contribution < -0.4 is 5.56 Å². The lowest BCUT2D eigenvalue weighted by molar-refractivity contribution is 0.597. The second kappa shape index (κ2) is 6.89. The number of fused-ring (bicyclic) bond motifs is 1. The molecule has 1 heterocycles. The highest BCUT2D eigenvalue weighted by Crippen LogP contribution is 2.36. The lowest BCUT2D eigenvalue weighted by Crippen LogP contribution is -2.22. The molecule has 1 aliphatic carbocycles. The maximum absolute atomic E-state index is 12.8. The van der Waals surface area contributed by atoms with Crippen LogP contribution in [0.3, 0.4) is 0 Å². The molecule has 4 rings (SSSR count). The maximum atomic E-state index is 12.8. The zero-order valence-corrected chi connectivity index (χ0v) is 15.7. The topological polar surface area (TPSA) is 69.0 Å². The first-order chi connectivity index (χ1) is 12.6. The molecule has 2 aromatic carbocycles. The molecule has 1 fully saturated rings. The second-order valence-corrected chi connectivity index (χ2v) is 9.47. The highest BCUT2D eigenvalue weighted by Gasteiger charge is 2.28. The summed E-state index contributed by atoms with van der Waals surface area (Å²) in [7, 11) is -3.34. The molecule has 1 aliphatic rings. The minimum Gasteiger partial charge on any atom is -0.284 e. The molecule has 1 aromatic heterocycles. The van der Waals surface area contributed by atoms with Crippen molar-refractivity contribution >= 4 is 32.5 Å². The van der Waals surface area contributed by atoms with E-state index in [0.29, 0.717) is 26.7 Å². The van der Waals surface area contributed by atoms with E-state index in [1.54, 1.807) is 41.0 Å². The molecule has 0 N–H and O–H groups in total. The highest BCUT2D eigenvalue weighted by atomic mass is 32.2. The Labute approximate surface area is 156 Å². The van der Waals surface area contributed by atoms with Gasteiger partial charge >= 0.3 is 0 Å². The van der Waals surface area contributed by atoms with Crippen molar-refractivity contribution in [1.82, 2.24) is 9.55 Å². The van der Waals surface area contributed by atoms with Gasteiger partial charge in [0.1, 0.15) is 0 Å². The molecule has 0 atom stereocenters. The van der Waals surface area contributed by atoms with Crippen LogP contribution in [0.15, 0.2) is 69.4 Å². The number of benzene rings is 2. The summed E-state index contributed by atoms with van der Waals surface area (Å²) < 4.78 is 26.6. The molecular weight excluding hydrogens is 368 g/mol. The van der Waals surface area contributed by atoms with Crippen LogP contribution in [0.1, 0.15) is 18.9 Å². The van der Waals surface area contributed by atoms with Crippen LogP contribution in [-0.2, 0) is 9.84 Å². The van der Waals surface area contributed by atoms with E-state index in [1.807, 2.05) is 18.2 Å². The Kier molecular flexibility index (Phi) is 4.58. The van der Waals surface area contributed by atoms with Gasteiger partial charge in [0.25, 0.3) is 5.56 Å². The summed E-state index contributed by atoms with van der Waals surface area (Å²) in [5, 5.41) is 1.22. The monoisotopic (exact) mass is 386 g/mol. The normalized spacial score (nSPS) is 14.6. The third kappa shape index (κ3) is 3.41. The summed E-state index contributed by atoms with van der Waals surface area (Å²) in [4.78, 5) is 17.7. The number of para-hydroxylation sites is 1. The predicted molar refractivity (Wildman–Crippen MR) is 103 cm³/mol. The fourth-order valence-corrected chi connectivity index (χ4v) is 5.61. The first kappa shape index (κ1) is 17.3. The van der Waals surface area contributed by atoms with E-state index in [2.05, 4.69) is 4.98 Å². The van der Waals surface area contributed by atoms with Gasteiger partial charge in [0.15, 0.2) is 15.0 Å². The average molecular weight is 386 g/mol. The van der Waals surface area contributed by atoms with Gasteiger partial charge in [0.2, 0.25) is 0 Å². The lowest BCUT2D eigenvalue weighted by atomic mass is 10.2. The van der Waals surface area contributed by atoms with Crippen molar-refractivity contribution in [3.63, 3.8) is 0 Å². The van der Waals surface area contributed by atoms with Crippen LogP contribution in [0, 0.1) is 0 Å². The highest BCUT2D eigenvalue weighted by molar-refractivity contribution is 8.00. The molecule has 0 spiro atoms. The number of hydrogen-bond acceptors (Lipinski definition) is 5. The Balaban J connectivity index is 1.60. The fourth-order valence-electron chi connectivity index (χ4n) is 2.87. The number of aromatic nitrogens is 2. The largest absolute Gasteiger partial charge is 0.284 e. The van der Waals surface area contributed by atoms with Crippen molar-refractivity contribution in [3.8, 4) is 0 Å². The standard InChI is InChI=1S/C19H18N2O3S2/c22-18-16-8-4-5-9-17(16)20-19(21(18)14-10-11-14)25-12-13-26(23,24)15-6-2-1-3-7-15/h1-9,14H,10-13H2. The third-order valence-electron chi connectivity index (χ3n) is 4.37. The molecule has 0 saturated heterocycles. The quantitative estimate of drug-likeness (QED) is 0.480. The Hall–Kier alpha value is -2.12. The zero-order chi connectivity index (χ0) is 18.1. The molecule has 7 heteroatoms. The van der Waals surface area contributed by atoms with Gasteiger partial charge < -0.3 is 0 Å². The number of thioether (sulfide) groups is 1. The van der Waals surface area contributed by atoms with Gasteiger partial charge in [-0.2, -0.15) is 0 Å². The summed E-state index contributed by atoms with van der Waals surface area (Å²) in [6.45, 7) is 0. The molecular formula is C19H18N2O3S2. The number of sulfone groups is 1. The van der Waals surface area contributed by atoms with E-state index >= 15 is 0 Å². The van der Waals surface area contributed by atoms with Crippen molar-refractivity contribution in [1.29, 1.82) is 0 Å². The predicted octanol–water partition coefficient (Wildman–Crippen LogP) is 3.30. The molecule has 0 amide bonds. The van der Waals surface area contributed by atoms with E-state index in [4.69, 9.17) is 0 Å². The minimum absolute atomic E-state index is 0.00897. The van der Waals surface area contributed by atoms with Gasteiger partial charge in [-0.1, -0.05) is 42.1 Å². The van der Waals surface area contributed by atoms with Gasteiger partial charge in [-0.15, -0.1) is 0 Å². The maximum Gasteiger partial charge on any atom is 0.262 e. The Bertz CT molecular complexity index is 1100. The van der Waals surface area contributed by atoms with Crippen molar-refractivity contribution in [3.05, 3.63) is 65.0 Å². The molecule has 1 saturated carbocycles. The smallest absolute Gasteiger partial charge is 0.262 e.